The fourth-order valence-electron chi connectivity index (χ4n) is 3.26. The molecule has 5 nitrogen and oxygen atoms in total. The van der Waals surface area contributed by atoms with E-state index in [-0.39, 0.29) is 23.8 Å². The first-order chi connectivity index (χ1) is 11.6. The number of likely N-dealkylation sites (tertiary alicyclic amines) is 1. The van der Waals surface area contributed by atoms with Crippen molar-refractivity contribution in [3.63, 3.8) is 0 Å². The number of piperidine rings is 1. The Kier molecular flexibility index (Phi) is 7.06. The summed E-state index contributed by atoms with van der Waals surface area (Å²) in [6, 6.07) is 7.14. The Balaban J connectivity index is 2.22. The third kappa shape index (κ3) is 4.28. The molecule has 6 heteroatoms. The van der Waals surface area contributed by atoms with E-state index in [0.29, 0.717) is 37.6 Å². The SMILES string of the molecule is CCN1C(=O)CC[C@@H](C(=O)NCCCOC)[C@@H]1c1ccccc1Cl. The molecule has 0 radical (unpaired) electrons. The fourth-order valence-corrected chi connectivity index (χ4v) is 3.51. The number of halogens is 1. The molecule has 1 aliphatic rings. The molecular formula is C18H25ClN2O3. The van der Waals surface area contributed by atoms with Crippen LogP contribution in [0.3, 0.4) is 0 Å². The van der Waals surface area contributed by atoms with Crippen LogP contribution in [0.1, 0.15) is 37.8 Å². The lowest BCUT2D eigenvalue weighted by atomic mass is 9.83. The Morgan fingerprint density at radius 2 is 2.17 bits per heavy atom. The predicted octanol–water partition coefficient (Wildman–Crippen LogP) is 2.79. The van der Waals surface area contributed by atoms with E-state index < -0.39 is 0 Å². The molecule has 0 unspecified atom stereocenters. The van der Waals surface area contributed by atoms with Gasteiger partial charge >= 0.3 is 0 Å². The zero-order chi connectivity index (χ0) is 17.5. The van der Waals surface area contributed by atoms with Crippen molar-refractivity contribution in [3.05, 3.63) is 34.9 Å². The monoisotopic (exact) mass is 352 g/mol. The van der Waals surface area contributed by atoms with E-state index in [4.69, 9.17) is 16.3 Å². The van der Waals surface area contributed by atoms with Crippen molar-refractivity contribution in [1.82, 2.24) is 10.2 Å². The van der Waals surface area contributed by atoms with Gasteiger partial charge in [-0.25, -0.2) is 0 Å². The quantitative estimate of drug-likeness (QED) is 0.768. The predicted molar refractivity (Wildman–Crippen MR) is 93.8 cm³/mol. The molecule has 0 aliphatic carbocycles. The molecule has 1 aromatic carbocycles. The largest absolute Gasteiger partial charge is 0.385 e. The number of nitrogens with one attached hydrogen (secondary N) is 1. The zero-order valence-corrected chi connectivity index (χ0v) is 15.0. The van der Waals surface area contributed by atoms with Crippen molar-refractivity contribution in [2.45, 2.75) is 32.2 Å². The molecule has 0 saturated carbocycles. The van der Waals surface area contributed by atoms with E-state index in [9.17, 15) is 9.59 Å². The van der Waals surface area contributed by atoms with E-state index in [1.54, 1.807) is 18.1 Å². The van der Waals surface area contributed by atoms with Gasteiger partial charge in [0.15, 0.2) is 0 Å². The number of hydrogen-bond acceptors (Lipinski definition) is 3. The summed E-state index contributed by atoms with van der Waals surface area (Å²) >= 11 is 6.36. The summed E-state index contributed by atoms with van der Waals surface area (Å²) in [5, 5.41) is 3.56. The first-order valence-corrected chi connectivity index (χ1v) is 8.78. The lowest BCUT2D eigenvalue weighted by molar-refractivity contribution is -0.143. The van der Waals surface area contributed by atoms with Crippen LogP contribution in [-0.2, 0) is 14.3 Å². The lowest BCUT2D eigenvalue weighted by Gasteiger charge is -2.40. The second-order valence-electron chi connectivity index (χ2n) is 5.93. The average Bonchev–Trinajstić information content (AvgIpc) is 2.58. The van der Waals surface area contributed by atoms with Crippen molar-refractivity contribution in [2.24, 2.45) is 5.92 Å². The van der Waals surface area contributed by atoms with Gasteiger partial charge in [0.25, 0.3) is 0 Å². The molecule has 24 heavy (non-hydrogen) atoms. The smallest absolute Gasteiger partial charge is 0.225 e. The van der Waals surface area contributed by atoms with Crippen LogP contribution in [0.4, 0.5) is 0 Å². The number of methoxy groups -OCH3 is 1. The number of hydrogen-bond donors (Lipinski definition) is 1. The highest BCUT2D eigenvalue weighted by atomic mass is 35.5. The summed E-state index contributed by atoms with van der Waals surface area (Å²) in [4.78, 5) is 26.8. The minimum atomic E-state index is -0.313. The Hall–Kier alpha value is -1.59. The van der Waals surface area contributed by atoms with Crippen molar-refractivity contribution in [2.75, 3.05) is 26.8 Å². The summed E-state index contributed by atoms with van der Waals surface area (Å²) in [6.07, 6.45) is 1.70. The fraction of sp³-hybridized carbons (Fsp3) is 0.556. The van der Waals surface area contributed by atoms with Gasteiger partial charge in [-0.2, -0.15) is 0 Å². The minimum Gasteiger partial charge on any atom is -0.385 e. The van der Waals surface area contributed by atoms with E-state index >= 15 is 0 Å². The molecule has 1 aliphatic heterocycles. The van der Waals surface area contributed by atoms with Crippen LogP contribution in [0.15, 0.2) is 24.3 Å². The Morgan fingerprint density at radius 3 is 2.83 bits per heavy atom. The number of ether oxygens (including phenoxy) is 1. The van der Waals surface area contributed by atoms with Gasteiger partial charge in [-0.05, 0) is 31.4 Å². The maximum absolute atomic E-state index is 12.7. The average molecular weight is 353 g/mol. The van der Waals surface area contributed by atoms with Crippen molar-refractivity contribution < 1.29 is 14.3 Å². The summed E-state index contributed by atoms with van der Waals surface area (Å²) in [6.45, 7) is 3.67. The Morgan fingerprint density at radius 1 is 1.42 bits per heavy atom. The molecule has 0 aromatic heterocycles. The minimum absolute atomic E-state index is 0.0260. The van der Waals surface area contributed by atoms with Crippen LogP contribution in [0.5, 0.6) is 0 Å². The van der Waals surface area contributed by atoms with Gasteiger partial charge in [0, 0.05) is 38.2 Å². The first-order valence-electron chi connectivity index (χ1n) is 8.40. The molecule has 1 saturated heterocycles. The molecule has 2 rings (SSSR count). The van der Waals surface area contributed by atoms with E-state index in [1.165, 1.54) is 0 Å². The first kappa shape index (κ1) is 18.7. The standard InChI is InChI=1S/C18H25ClN2O3/c1-3-21-16(22)10-9-14(18(23)20-11-6-12-24-2)17(21)13-7-4-5-8-15(13)19/h4-5,7-8,14,17H,3,6,9-12H2,1-2H3,(H,20,23)/t14-,17+/m1/s1. The summed E-state index contributed by atoms with van der Waals surface area (Å²) in [7, 11) is 1.64. The Labute approximate surface area is 148 Å². The van der Waals surface area contributed by atoms with Gasteiger partial charge in [-0.3, -0.25) is 9.59 Å². The van der Waals surface area contributed by atoms with E-state index in [0.717, 1.165) is 12.0 Å². The van der Waals surface area contributed by atoms with Crippen LogP contribution in [-0.4, -0.2) is 43.5 Å². The van der Waals surface area contributed by atoms with Crippen LogP contribution in [0, 0.1) is 5.92 Å². The second-order valence-corrected chi connectivity index (χ2v) is 6.34. The highest BCUT2D eigenvalue weighted by molar-refractivity contribution is 6.31. The molecule has 2 amide bonds. The van der Waals surface area contributed by atoms with Crippen LogP contribution in [0.2, 0.25) is 5.02 Å². The maximum Gasteiger partial charge on any atom is 0.225 e. The van der Waals surface area contributed by atoms with Crippen molar-refractivity contribution >= 4 is 23.4 Å². The number of benzene rings is 1. The number of nitrogens with zero attached hydrogens (tertiary/aromatic N) is 1. The highest BCUT2D eigenvalue weighted by Gasteiger charge is 2.40. The number of amides is 2. The third-order valence-electron chi connectivity index (χ3n) is 4.43. The highest BCUT2D eigenvalue weighted by Crippen LogP contribution is 2.39. The lowest BCUT2D eigenvalue weighted by Crippen LogP contribution is -2.48. The number of carbonyl (C=O) groups excluding carboxylic acids is 2. The van der Waals surface area contributed by atoms with E-state index in [2.05, 4.69) is 5.32 Å². The van der Waals surface area contributed by atoms with Crippen molar-refractivity contribution in [3.8, 4) is 0 Å². The Bertz CT molecular complexity index is 579. The number of carbonyl (C=O) groups is 2. The van der Waals surface area contributed by atoms with Gasteiger partial charge in [0.1, 0.15) is 0 Å². The van der Waals surface area contributed by atoms with Crippen LogP contribution < -0.4 is 5.32 Å². The zero-order valence-electron chi connectivity index (χ0n) is 14.3. The molecule has 1 heterocycles. The topological polar surface area (TPSA) is 58.6 Å². The van der Waals surface area contributed by atoms with Crippen LogP contribution in [0.25, 0.3) is 0 Å². The third-order valence-corrected chi connectivity index (χ3v) is 4.78. The second kappa shape index (κ2) is 9.04. The summed E-state index contributed by atoms with van der Waals surface area (Å²) < 4.78 is 5.00. The molecule has 132 valence electrons. The molecule has 0 bridgehead atoms. The van der Waals surface area contributed by atoms with Crippen molar-refractivity contribution in [1.29, 1.82) is 0 Å². The maximum atomic E-state index is 12.7. The van der Waals surface area contributed by atoms with Gasteiger partial charge in [0.2, 0.25) is 11.8 Å². The molecule has 1 aromatic rings. The molecule has 1 N–H and O–H groups in total. The molecular weight excluding hydrogens is 328 g/mol. The summed E-state index contributed by atoms with van der Waals surface area (Å²) in [5.74, 6) is -0.238. The van der Waals surface area contributed by atoms with Gasteiger partial charge in [-0.1, -0.05) is 29.8 Å². The van der Waals surface area contributed by atoms with Gasteiger partial charge < -0.3 is 15.0 Å². The molecule has 0 spiro atoms. The van der Waals surface area contributed by atoms with Gasteiger partial charge in [0.05, 0.1) is 12.0 Å². The summed E-state index contributed by atoms with van der Waals surface area (Å²) in [5.41, 5.74) is 0.839. The van der Waals surface area contributed by atoms with E-state index in [1.807, 2.05) is 25.1 Å². The molecule has 1 fully saturated rings. The van der Waals surface area contributed by atoms with Crippen LogP contribution >= 0.6 is 11.6 Å². The molecule has 2 atom stereocenters. The van der Waals surface area contributed by atoms with Gasteiger partial charge in [-0.15, -0.1) is 0 Å². The number of rotatable bonds is 7. The normalized spacial score (nSPS) is 21.0.